The molecule has 1 aliphatic heterocycles. The van der Waals surface area contributed by atoms with Crippen LogP contribution in [0.15, 0.2) is 54.6 Å². The van der Waals surface area contributed by atoms with Crippen LogP contribution >= 0.6 is 12.2 Å². The third-order valence-corrected chi connectivity index (χ3v) is 6.34. The van der Waals surface area contributed by atoms with Gasteiger partial charge in [0.2, 0.25) is 5.91 Å². The summed E-state index contributed by atoms with van der Waals surface area (Å²) in [6, 6.07) is 15.0. The topological polar surface area (TPSA) is 52.7 Å². The summed E-state index contributed by atoms with van der Waals surface area (Å²) in [5, 5.41) is 3.27. The van der Waals surface area contributed by atoms with E-state index in [2.05, 4.69) is 12.2 Å². The second-order valence-electron chi connectivity index (χ2n) is 8.39. The second-order valence-corrected chi connectivity index (χ2v) is 8.76. The van der Waals surface area contributed by atoms with Crippen LogP contribution in [0.5, 0.6) is 0 Å². The van der Waals surface area contributed by atoms with Gasteiger partial charge < -0.3 is 10.2 Å². The number of nitrogens with zero attached hydrogens (tertiary/aromatic N) is 2. The van der Waals surface area contributed by atoms with Crippen molar-refractivity contribution in [2.45, 2.75) is 57.9 Å². The van der Waals surface area contributed by atoms with E-state index < -0.39 is 6.04 Å². The monoisotopic (exact) mass is 469 g/mol. The Kier molecular flexibility index (Phi) is 9.36. The highest BCUT2D eigenvalue weighted by Gasteiger charge is 2.42. The smallest absolute Gasteiger partial charge is 0.252 e. The van der Waals surface area contributed by atoms with Crippen LogP contribution in [0, 0.1) is 5.82 Å². The van der Waals surface area contributed by atoms with Gasteiger partial charge in [0.1, 0.15) is 11.9 Å². The molecule has 7 heteroatoms. The summed E-state index contributed by atoms with van der Waals surface area (Å²) in [6.45, 7) is 3.32. The van der Waals surface area contributed by atoms with Crippen molar-refractivity contribution in [2.75, 3.05) is 18.4 Å². The van der Waals surface area contributed by atoms with Crippen molar-refractivity contribution < 1.29 is 14.0 Å². The van der Waals surface area contributed by atoms with Crippen LogP contribution in [0.25, 0.3) is 0 Å². The zero-order valence-electron chi connectivity index (χ0n) is 19.1. The summed E-state index contributed by atoms with van der Waals surface area (Å²) >= 11 is 5.69. The average Bonchev–Trinajstić information content (AvgIpc) is 3.03. The molecule has 2 aromatic carbocycles. The zero-order valence-corrected chi connectivity index (χ0v) is 20.0. The lowest BCUT2D eigenvalue weighted by Crippen LogP contribution is -2.38. The Hall–Kier alpha value is -2.80. The molecule has 0 saturated carbocycles. The molecule has 3 rings (SSSR count). The van der Waals surface area contributed by atoms with Crippen LogP contribution < -0.4 is 5.32 Å². The average molecular weight is 470 g/mol. The molecule has 5 nitrogen and oxygen atoms in total. The molecule has 2 amide bonds. The quantitative estimate of drug-likeness (QED) is 0.344. The zero-order chi connectivity index (χ0) is 23.6. The molecule has 0 spiro atoms. The number of carbonyl (C=O) groups is 2. The van der Waals surface area contributed by atoms with Crippen molar-refractivity contribution in [3.8, 4) is 0 Å². The molecule has 176 valence electrons. The maximum absolute atomic E-state index is 13.3. The molecule has 2 aromatic rings. The van der Waals surface area contributed by atoms with E-state index >= 15 is 0 Å². The van der Waals surface area contributed by atoms with Gasteiger partial charge in [-0.3, -0.25) is 14.5 Å². The van der Waals surface area contributed by atoms with E-state index in [1.807, 2.05) is 35.2 Å². The Labute approximate surface area is 201 Å². The molecule has 0 aliphatic carbocycles. The number of rotatable bonds is 12. The number of unbranched alkanes of at least 4 members (excludes halogenated alkanes) is 4. The molecule has 0 bridgehead atoms. The van der Waals surface area contributed by atoms with Crippen molar-refractivity contribution in [1.29, 1.82) is 0 Å². The van der Waals surface area contributed by atoms with Gasteiger partial charge in [0.25, 0.3) is 5.91 Å². The predicted octanol–water partition coefficient (Wildman–Crippen LogP) is 5.17. The number of amides is 2. The Balaban J connectivity index is 1.66. The van der Waals surface area contributed by atoms with Crippen LogP contribution in [0.2, 0.25) is 0 Å². The highest BCUT2D eigenvalue weighted by Crippen LogP contribution is 2.23. The fourth-order valence-electron chi connectivity index (χ4n) is 4.04. The molecule has 1 aliphatic rings. The summed E-state index contributed by atoms with van der Waals surface area (Å²) < 4.78 is 13.1. The van der Waals surface area contributed by atoms with Gasteiger partial charge in [0, 0.05) is 18.8 Å². The molecule has 1 atom stereocenters. The lowest BCUT2D eigenvalue weighted by atomic mass is 10.1. The summed E-state index contributed by atoms with van der Waals surface area (Å²) in [6.07, 6.45) is 6.21. The molecule has 0 radical (unpaired) electrons. The van der Waals surface area contributed by atoms with Crippen LogP contribution in [-0.4, -0.2) is 45.9 Å². The first-order valence-electron chi connectivity index (χ1n) is 11.7. The van der Waals surface area contributed by atoms with E-state index in [1.165, 1.54) is 37.1 Å². The van der Waals surface area contributed by atoms with Crippen molar-refractivity contribution >= 4 is 34.8 Å². The normalized spacial score (nSPS) is 15.9. The van der Waals surface area contributed by atoms with E-state index in [4.69, 9.17) is 12.2 Å². The fourth-order valence-corrected chi connectivity index (χ4v) is 4.44. The van der Waals surface area contributed by atoms with Crippen LogP contribution in [0.4, 0.5) is 10.1 Å². The van der Waals surface area contributed by atoms with E-state index in [0.717, 1.165) is 24.8 Å². The van der Waals surface area contributed by atoms with Crippen LogP contribution in [0.3, 0.4) is 0 Å². The third-order valence-electron chi connectivity index (χ3n) is 5.88. The minimum absolute atomic E-state index is 0.00709. The van der Waals surface area contributed by atoms with Gasteiger partial charge in [-0.1, -0.05) is 62.9 Å². The lowest BCUT2D eigenvalue weighted by Gasteiger charge is -2.24. The molecule has 1 unspecified atom stereocenters. The van der Waals surface area contributed by atoms with Crippen LogP contribution in [-0.2, 0) is 16.0 Å². The van der Waals surface area contributed by atoms with Crippen molar-refractivity contribution in [3.63, 3.8) is 0 Å². The van der Waals surface area contributed by atoms with E-state index in [1.54, 1.807) is 4.90 Å². The van der Waals surface area contributed by atoms with Crippen molar-refractivity contribution in [3.05, 3.63) is 66.0 Å². The summed E-state index contributed by atoms with van der Waals surface area (Å²) in [4.78, 5) is 29.5. The molecule has 33 heavy (non-hydrogen) atoms. The molecule has 1 heterocycles. The van der Waals surface area contributed by atoms with E-state index in [0.29, 0.717) is 30.3 Å². The predicted molar refractivity (Wildman–Crippen MR) is 133 cm³/mol. The van der Waals surface area contributed by atoms with E-state index in [9.17, 15) is 14.0 Å². The number of hydrogen-bond acceptors (Lipinski definition) is 3. The standard InChI is InChI=1S/C26H32FN3O2S/c1-2-3-4-5-9-17-29-23(19-24(31)28-22-14-12-21(27)13-15-22)25(32)30(26(29)33)18-16-20-10-7-6-8-11-20/h6-8,10-15,23H,2-5,9,16-19H2,1H3,(H,28,31). The number of thiocarbonyl (C=S) groups is 1. The molecular weight excluding hydrogens is 437 g/mol. The Morgan fingerprint density at radius 3 is 2.39 bits per heavy atom. The van der Waals surface area contributed by atoms with Gasteiger partial charge in [-0.2, -0.15) is 0 Å². The molecule has 1 saturated heterocycles. The molecule has 1 N–H and O–H groups in total. The van der Waals surface area contributed by atoms with Crippen molar-refractivity contribution in [1.82, 2.24) is 9.80 Å². The molecular formula is C26H32FN3O2S. The summed E-state index contributed by atoms with van der Waals surface area (Å²) in [5.74, 6) is -0.782. The first-order chi connectivity index (χ1) is 16.0. The fraction of sp³-hybridized carbons (Fsp3) is 0.423. The minimum Gasteiger partial charge on any atom is -0.336 e. The number of nitrogens with one attached hydrogen (secondary N) is 1. The van der Waals surface area contributed by atoms with Crippen LogP contribution in [0.1, 0.15) is 51.0 Å². The lowest BCUT2D eigenvalue weighted by molar-refractivity contribution is -0.130. The highest BCUT2D eigenvalue weighted by atomic mass is 32.1. The number of benzene rings is 2. The first kappa shape index (κ1) is 24.8. The SMILES string of the molecule is CCCCCCCN1C(=S)N(CCc2ccccc2)C(=O)C1CC(=O)Nc1ccc(F)cc1. The largest absolute Gasteiger partial charge is 0.336 e. The first-order valence-corrected chi connectivity index (χ1v) is 12.1. The maximum Gasteiger partial charge on any atom is 0.252 e. The van der Waals surface area contributed by atoms with Crippen molar-refractivity contribution in [2.24, 2.45) is 0 Å². The van der Waals surface area contributed by atoms with Gasteiger partial charge in [-0.25, -0.2) is 4.39 Å². The highest BCUT2D eigenvalue weighted by molar-refractivity contribution is 7.80. The Morgan fingerprint density at radius 2 is 1.70 bits per heavy atom. The number of anilines is 1. The molecule has 1 fully saturated rings. The molecule has 0 aromatic heterocycles. The summed E-state index contributed by atoms with van der Waals surface area (Å²) in [7, 11) is 0. The van der Waals surface area contributed by atoms with Gasteiger partial charge in [-0.05, 0) is 54.9 Å². The number of hydrogen-bond donors (Lipinski definition) is 1. The minimum atomic E-state index is -0.611. The van der Waals surface area contributed by atoms with E-state index in [-0.39, 0.29) is 24.1 Å². The van der Waals surface area contributed by atoms with Gasteiger partial charge >= 0.3 is 0 Å². The third kappa shape index (κ3) is 7.09. The Bertz CT molecular complexity index is 936. The van der Waals surface area contributed by atoms with Gasteiger partial charge in [-0.15, -0.1) is 0 Å². The Morgan fingerprint density at radius 1 is 1.00 bits per heavy atom. The van der Waals surface area contributed by atoms with Gasteiger partial charge in [0.15, 0.2) is 5.11 Å². The summed E-state index contributed by atoms with van der Waals surface area (Å²) in [5.41, 5.74) is 1.64. The number of halogens is 1. The van der Waals surface area contributed by atoms with Gasteiger partial charge in [0.05, 0.1) is 6.42 Å². The number of carbonyl (C=O) groups excluding carboxylic acids is 2. The maximum atomic E-state index is 13.3. The second kappa shape index (κ2) is 12.4.